The molecule has 76 valence electrons. The SMILES string of the molecule is C[C@H](N)C(=O)C1CCC(CN)CC1. The summed E-state index contributed by atoms with van der Waals surface area (Å²) in [5.41, 5.74) is 11.1. The molecule has 0 amide bonds. The number of rotatable bonds is 3. The molecule has 0 aromatic carbocycles. The summed E-state index contributed by atoms with van der Waals surface area (Å²) in [6.45, 7) is 2.54. The Morgan fingerprint density at radius 1 is 1.38 bits per heavy atom. The average molecular weight is 184 g/mol. The Balaban J connectivity index is 2.36. The molecule has 1 saturated carbocycles. The second kappa shape index (κ2) is 4.72. The van der Waals surface area contributed by atoms with Gasteiger partial charge in [0.05, 0.1) is 6.04 Å². The molecular formula is C10H20N2O. The first-order valence-corrected chi connectivity index (χ1v) is 5.14. The molecule has 0 radical (unpaired) electrons. The van der Waals surface area contributed by atoms with Gasteiger partial charge in [0, 0.05) is 5.92 Å². The Morgan fingerprint density at radius 3 is 2.31 bits per heavy atom. The molecule has 0 spiro atoms. The molecule has 3 nitrogen and oxygen atoms in total. The Hall–Kier alpha value is -0.410. The Kier molecular flexibility index (Phi) is 3.88. The molecular weight excluding hydrogens is 164 g/mol. The van der Waals surface area contributed by atoms with Crippen LogP contribution in [-0.4, -0.2) is 18.4 Å². The summed E-state index contributed by atoms with van der Waals surface area (Å²) in [6, 6.07) is -0.292. The van der Waals surface area contributed by atoms with E-state index in [0.717, 1.165) is 32.2 Å². The summed E-state index contributed by atoms with van der Waals surface area (Å²) in [7, 11) is 0. The van der Waals surface area contributed by atoms with Crippen LogP contribution in [0.15, 0.2) is 0 Å². The largest absolute Gasteiger partial charge is 0.330 e. The van der Waals surface area contributed by atoms with E-state index in [2.05, 4.69) is 0 Å². The summed E-state index contributed by atoms with van der Waals surface area (Å²) < 4.78 is 0. The van der Waals surface area contributed by atoms with Crippen molar-refractivity contribution in [3.05, 3.63) is 0 Å². The molecule has 3 heteroatoms. The van der Waals surface area contributed by atoms with Gasteiger partial charge in [-0.25, -0.2) is 0 Å². The van der Waals surface area contributed by atoms with Crippen LogP contribution in [0.25, 0.3) is 0 Å². The van der Waals surface area contributed by atoms with E-state index >= 15 is 0 Å². The molecule has 0 saturated heterocycles. The van der Waals surface area contributed by atoms with Crippen LogP contribution in [0.1, 0.15) is 32.6 Å². The minimum absolute atomic E-state index is 0.211. The zero-order valence-electron chi connectivity index (χ0n) is 8.33. The quantitative estimate of drug-likeness (QED) is 0.677. The van der Waals surface area contributed by atoms with Gasteiger partial charge in [-0.3, -0.25) is 4.79 Å². The van der Waals surface area contributed by atoms with E-state index in [0.29, 0.717) is 5.92 Å². The van der Waals surface area contributed by atoms with Gasteiger partial charge in [-0.2, -0.15) is 0 Å². The molecule has 1 rings (SSSR count). The van der Waals surface area contributed by atoms with E-state index in [1.165, 1.54) is 0 Å². The number of carbonyl (C=O) groups is 1. The molecule has 13 heavy (non-hydrogen) atoms. The van der Waals surface area contributed by atoms with Gasteiger partial charge in [-0.05, 0) is 45.1 Å². The standard InChI is InChI=1S/C10H20N2O/c1-7(12)10(13)9-4-2-8(6-11)3-5-9/h7-9H,2-6,11-12H2,1H3/t7-,8?,9?/m0/s1. The lowest BCUT2D eigenvalue weighted by Crippen LogP contribution is -2.35. The number of nitrogens with two attached hydrogens (primary N) is 2. The predicted molar refractivity (Wildman–Crippen MR) is 53.2 cm³/mol. The summed E-state index contributed by atoms with van der Waals surface area (Å²) >= 11 is 0. The summed E-state index contributed by atoms with van der Waals surface area (Å²) in [6.07, 6.45) is 4.17. The van der Waals surface area contributed by atoms with Crippen LogP contribution in [0.2, 0.25) is 0 Å². The van der Waals surface area contributed by atoms with Crippen molar-refractivity contribution in [1.29, 1.82) is 0 Å². The van der Waals surface area contributed by atoms with Gasteiger partial charge in [0.25, 0.3) is 0 Å². The highest BCUT2D eigenvalue weighted by Crippen LogP contribution is 2.28. The minimum atomic E-state index is -0.292. The van der Waals surface area contributed by atoms with Gasteiger partial charge >= 0.3 is 0 Å². The van der Waals surface area contributed by atoms with Crippen molar-refractivity contribution in [3.8, 4) is 0 Å². The van der Waals surface area contributed by atoms with Gasteiger partial charge in [-0.1, -0.05) is 0 Å². The molecule has 1 aliphatic rings. The molecule has 0 aliphatic heterocycles. The second-order valence-electron chi connectivity index (χ2n) is 4.14. The molecule has 1 aliphatic carbocycles. The molecule has 0 aromatic heterocycles. The van der Waals surface area contributed by atoms with Crippen molar-refractivity contribution in [2.45, 2.75) is 38.6 Å². The van der Waals surface area contributed by atoms with Crippen molar-refractivity contribution in [2.75, 3.05) is 6.54 Å². The van der Waals surface area contributed by atoms with Gasteiger partial charge in [0.15, 0.2) is 5.78 Å². The second-order valence-corrected chi connectivity index (χ2v) is 4.14. The maximum atomic E-state index is 11.5. The van der Waals surface area contributed by atoms with E-state index in [9.17, 15) is 4.79 Å². The van der Waals surface area contributed by atoms with Crippen LogP contribution in [-0.2, 0) is 4.79 Å². The van der Waals surface area contributed by atoms with E-state index in [-0.39, 0.29) is 17.7 Å². The van der Waals surface area contributed by atoms with Gasteiger partial charge in [-0.15, -0.1) is 0 Å². The monoisotopic (exact) mass is 184 g/mol. The zero-order chi connectivity index (χ0) is 9.84. The third kappa shape index (κ3) is 2.78. The van der Waals surface area contributed by atoms with Crippen molar-refractivity contribution < 1.29 is 4.79 Å². The van der Waals surface area contributed by atoms with E-state index in [1.807, 2.05) is 0 Å². The highest BCUT2D eigenvalue weighted by molar-refractivity contribution is 5.85. The third-order valence-corrected chi connectivity index (χ3v) is 3.03. The fraction of sp³-hybridized carbons (Fsp3) is 0.900. The topological polar surface area (TPSA) is 69.1 Å². The Morgan fingerprint density at radius 2 is 1.92 bits per heavy atom. The number of hydrogen-bond donors (Lipinski definition) is 2. The van der Waals surface area contributed by atoms with Gasteiger partial charge in [0.2, 0.25) is 0 Å². The number of Topliss-reactive ketones (excluding diaryl/α,β-unsaturated/α-hetero) is 1. The molecule has 0 aromatic rings. The highest BCUT2D eigenvalue weighted by atomic mass is 16.1. The van der Waals surface area contributed by atoms with Crippen LogP contribution >= 0.6 is 0 Å². The Bertz CT molecular complexity index is 172. The Labute approximate surface area is 79.9 Å². The lowest BCUT2D eigenvalue weighted by molar-refractivity contribution is -0.124. The van der Waals surface area contributed by atoms with Crippen molar-refractivity contribution in [3.63, 3.8) is 0 Å². The van der Waals surface area contributed by atoms with Crippen molar-refractivity contribution >= 4 is 5.78 Å². The van der Waals surface area contributed by atoms with E-state index in [1.54, 1.807) is 6.92 Å². The normalized spacial score (nSPS) is 31.3. The molecule has 0 unspecified atom stereocenters. The van der Waals surface area contributed by atoms with Gasteiger partial charge < -0.3 is 11.5 Å². The number of carbonyl (C=O) groups excluding carboxylic acids is 1. The molecule has 4 N–H and O–H groups in total. The number of hydrogen-bond acceptors (Lipinski definition) is 3. The average Bonchev–Trinajstić information content (AvgIpc) is 2.17. The fourth-order valence-corrected chi connectivity index (χ4v) is 2.05. The first-order chi connectivity index (χ1) is 6.15. The summed E-state index contributed by atoms with van der Waals surface area (Å²) in [4.78, 5) is 11.5. The molecule has 1 fully saturated rings. The third-order valence-electron chi connectivity index (χ3n) is 3.03. The van der Waals surface area contributed by atoms with Crippen LogP contribution in [0.3, 0.4) is 0 Å². The first-order valence-electron chi connectivity index (χ1n) is 5.14. The maximum absolute atomic E-state index is 11.5. The van der Waals surface area contributed by atoms with Crippen LogP contribution in [0.5, 0.6) is 0 Å². The van der Waals surface area contributed by atoms with Gasteiger partial charge in [0.1, 0.15) is 0 Å². The van der Waals surface area contributed by atoms with Crippen molar-refractivity contribution in [1.82, 2.24) is 0 Å². The van der Waals surface area contributed by atoms with Crippen molar-refractivity contribution in [2.24, 2.45) is 23.3 Å². The molecule has 1 atom stereocenters. The van der Waals surface area contributed by atoms with Crippen LogP contribution < -0.4 is 11.5 Å². The highest BCUT2D eigenvalue weighted by Gasteiger charge is 2.26. The predicted octanol–water partition coefficient (Wildman–Crippen LogP) is 0.668. The summed E-state index contributed by atoms with van der Waals surface area (Å²) in [5, 5.41) is 0. The summed E-state index contributed by atoms with van der Waals surface area (Å²) in [5.74, 6) is 1.08. The van der Waals surface area contributed by atoms with E-state index < -0.39 is 0 Å². The maximum Gasteiger partial charge on any atom is 0.152 e. The zero-order valence-corrected chi connectivity index (χ0v) is 8.33. The fourth-order valence-electron chi connectivity index (χ4n) is 2.05. The van der Waals surface area contributed by atoms with Crippen LogP contribution in [0, 0.1) is 11.8 Å². The first kappa shape index (κ1) is 10.7. The number of ketones is 1. The minimum Gasteiger partial charge on any atom is -0.330 e. The molecule has 0 bridgehead atoms. The van der Waals surface area contributed by atoms with E-state index in [4.69, 9.17) is 11.5 Å². The van der Waals surface area contributed by atoms with Crippen LogP contribution in [0.4, 0.5) is 0 Å². The lowest BCUT2D eigenvalue weighted by Gasteiger charge is -2.27. The smallest absolute Gasteiger partial charge is 0.152 e. The lowest BCUT2D eigenvalue weighted by atomic mass is 9.79. The molecule has 0 heterocycles.